The number of hydrogen-bond donors (Lipinski definition) is 1. The van der Waals surface area contributed by atoms with E-state index in [1.54, 1.807) is 12.1 Å². The fraction of sp³-hybridized carbons (Fsp3) is 0.600. The van der Waals surface area contributed by atoms with Crippen LogP contribution in [0.2, 0.25) is 0 Å². The van der Waals surface area contributed by atoms with Gasteiger partial charge in [-0.1, -0.05) is 12.5 Å². The maximum atomic E-state index is 14.0. The Hall–Kier alpha value is -1.13. The van der Waals surface area contributed by atoms with Gasteiger partial charge in [-0.15, -0.1) is 0 Å². The number of rotatable bonds is 4. The van der Waals surface area contributed by atoms with Gasteiger partial charge >= 0.3 is 0 Å². The molecule has 0 atom stereocenters. The summed E-state index contributed by atoms with van der Waals surface area (Å²) in [7, 11) is 1.48. The highest BCUT2D eigenvalue weighted by Gasteiger charge is 2.59. The van der Waals surface area contributed by atoms with Crippen LogP contribution in [0.25, 0.3) is 0 Å². The van der Waals surface area contributed by atoms with Gasteiger partial charge in [0, 0.05) is 5.41 Å². The average molecular weight is 265 g/mol. The third-order valence-electron chi connectivity index (χ3n) is 5.12. The van der Waals surface area contributed by atoms with Crippen molar-refractivity contribution in [2.75, 3.05) is 26.9 Å². The summed E-state index contributed by atoms with van der Waals surface area (Å²) in [4.78, 5) is 0. The molecule has 2 fully saturated rings. The molecule has 19 heavy (non-hydrogen) atoms. The highest BCUT2D eigenvalue weighted by molar-refractivity contribution is 5.38. The normalized spacial score (nSPS) is 23.3. The Kier molecular flexibility index (Phi) is 3.02. The zero-order valence-corrected chi connectivity index (χ0v) is 11.2. The van der Waals surface area contributed by atoms with E-state index < -0.39 is 0 Å². The van der Waals surface area contributed by atoms with Crippen molar-refractivity contribution >= 4 is 0 Å². The lowest BCUT2D eigenvalue weighted by molar-refractivity contribution is -0.154. The Morgan fingerprint density at radius 1 is 1.37 bits per heavy atom. The van der Waals surface area contributed by atoms with Gasteiger partial charge in [-0.05, 0) is 42.5 Å². The molecule has 1 aliphatic heterocycles. The quantitative estimate of drug-likeness (QED) is 0.908. The van der Waals surface area contributed by atoms with Crippen LogP contribution in [0.4, 0.5) is 4.39 Å². The van der Waals surface area contributed by atoms with Gasteiger partial charge in [0.25, 0.3) is 0 Å². The van der Waals surface area contributed by atoms with E-state index in [2.05, 4.69) is 0 Å². The molecule has 104 valence electrons. The molecule has 0 unspecified atom stereocenters. The predicted molar refractivity (Wildman–Crippen MR) is 70.8 cm³/mol. The van der Waals surface area contributed by atoms with Crippen LogP contribution in [-0.4, -0.2) is 26.9 Å². The van der Waals surface area contributed by atoms with Crippen LogP contribution >= 0.6 is 0 Å². The summed E-state index contributed by atoms with van der Waals surface area (Å²) in [5.41, 5.74) is 7.01. The van der Waals surface area contributed by atoms with Gasteiger partial charge in [-0.2, -0.15) is 0 Å². The first kappa shape index (κ1) is 12.9. The standard InChI is InChI=1S/C15H20FNO2/c1-18-13-4-3-11(7-12(13)16)15(9-19-10-15)14(8-17)5-2-6-14/h3-4,7H,2,5-6,8-10,17H2,1H3. The molecule has 3 nitrogen and oxygen atoms in total. The predicted octanol–water partition coefficient (Wildman–Crippen LogP) is 2.23. The lowest BCUT2D eigenvalue weighted by Crippen LogP contribution is -2.64. The third-order valence-corrected chi connectivity index (χ3v) is 5.12. The van der Waals surface area contributed by atoms with Gasteiger partial charge < -0.3 is 15.2 Å². The highest BCUT2D eigenvalue weighted by atomic mass is 19.1. The van der Waals surface area contributed by atoms with Gasteiger partial charge in [0.05, 0.1) is 20.3 Å². The zero-order chi connectivity index (χ0) is 13.5. The van der Waals surface area contributed by atoms with Gasteiger partial charge in [-0.3, -0.25) is 0 Å². The van der Waals surface area contributed by atoms with E-state index in [1.165, 1.54) is 13.5 Å². The Labute approximate surface area is 112 Å². The molecule has 0 spiro atoms. The van der Waals surface area contributed by atoms with Crippen LogP contribution in [0.1, 0.15) is 24.8 Å². The van der Waals surface area contributed by atoms with Crippen LogP contribution in [0, 0.1) is 11.2 Å². The molecule has 2 N–H and O–H groups in total. The van der Waals surface area contributed by atoms with E-state index in [4.69, 9.17) is 15.2 Å². The second kappa shape index (κ2) is 4.46. The molecule has 1 aromatic rings. The second-order valence-electron chi connectivity index (χ2n) is 5.76. The molecule has 2 aliphatic rings. The summed E-state index contributed by atoms with van der Waals surface area (Å²) in [5, 5.41) is 0. The van der Waals surface area contributed by atoms with Crippen LogP contribution < -0.4 is 10.5 Å². The Bertz CT molecular complexity index is 476. The van der Waals surface area contributed by atoms with E-state index in [0.29, 0.717) is 19.8 Å². The fourth-order valence-electron chi connectivity index (χ4n) is 3.53. The van der Waals surface area contributed by atoms with Gasteiger partial charge in [-0.25, -0.2) is 4.39 Å². The molecule has 1 aliphatic carbocycles. The van der Waals surface area contributed by atoms with E-state index in [-0.39, 0.29) is 22.4 Å². The number of methoxy groups -OCH3 is 1. The second-order valence-corrected chi connectivity index (χ2v) is 5.76. The largest absolute Gasteiger partial charge is 0.494 e. The molecule has 4 heteroatoms. The van der Waals surface area contributed by atoms with Crippen molar-refractivity contribution in [1.82, 2.24) is 0 Å². The van der Waals surface area contributed by atoms with E-state index in [0.717, 1.165) is 18.4 Å². The van der Waals surface area contributed by atoms with Crippen molar-refractivity contribution in [2.45, 2.75) is 24.7 Å². The molecular weight excluding hydrogens is 245 g/mol. The summed E-state index contributed by atoms with van der Waals surface area (Å²) in [5.74, 6) is -0.0210. The lowest BCUT2D eigenvalue weighted by Gasteiger charge is -2.60. The van der Waals surface area contributed by atoms with Crippen molar-refractivity contribution < 1.29 is 13.9 Å². The average Bonchev–Trinajstić information content (AvgIpc) is 2.31. The molecule has 0 amide bonds. The molecule has 3 rings (SSSR count). The van der Waals surface area contributed by atoms with Gasteiger partial charge in [0.1, 0.15) is 0 Å². The SMILES string of the molecule is COc1ccc(C2(C3(CN)CCC3)COC2)cc1F. The third kappa shape index (κ3) is 1.63. The van der Waals surface area contributed by atoms with Crippen molar-refractivity contribution in [2.24, 2.45) is 11.1 Å². The number of ether oxygens (including phenoxy) is 2. The number of benzene rings is 1. The summed E-state index contributed by atoms with van der Waals surface area (Å²) in [6, 6.07) is 5.25. The minimum absolute atomic E-state index is 0.0896. The minimum atomic E-state index is -0.308. The Balaban J connectivity index is 2.00. The van der Waals surface area contributed by atoms with Crippen LogP contribution in [-0.2, 0) is 10.2 Å². The molecule has 0 bridgehead atoms. The molecule has 0 aromatic heterocycles. The molecule has 0 radical (unpaired) electrons. The van der Waals surface area contributed by atoms with Crippen molar-refractivity contribution in [3.05, 3.63) is 29.6 Å². The summed E-state index contributed by atoms with van der Waals surface area (Å²) >= 11 is 0. The van der Waals surface area contributed by atoms with Crippen molar-refractivity contribution in [1.29, 1.82) is 0 Å². The van der Waals surface area contributed by atoms with E-state index >= 15 is 0 Å². The van der Waals surface area contributed by atoms with E-state index in [1.807, 2.05) is 6.07 Å². The first-order chi connectivity index (χ1) is 9.17. The first-order valence-electron chi connectivity index (χ1n) is 6.79. The molecular formula is C15H20FNO2. The zero-order valence-electron chi connectivity index (χ0n) is 11.2. The van der Waals surface area contributed by atoms with E-state index in [9.17, 15) is 4.39 Å². The van der Waals surface area contributed by atoms with Crippen LogP contribution in [0.5, 0.6) is 5.75 Å². The maximum absolute atomic E-state index is 14.0. The maximum Gasteiger partial charge on any atom is 0.165 e. The molecule has 1 heterocycles. The van der Waals surface area contributed by atoms with Gasteiger partial charge in [0.15, 0.2) is 11.6 Å². The molecule has 1 saturated carbocycles. The number of nitrogens with two attached hydrogens (primary N) is 1. The molecule has 1 aromatic carbocycles. The smallest absolute Gasteiger partial charge is 0.165 e. The molecule has 1 saturated heterocycles. The lowest BCUT2D eigenvalue weighted by atomic mass is 9.50. The summed E-state index contributed by atoms with van der Waals surface area (Å²) < 4.78 is 24.4. The number of hydrogen-bond acceptors (Lipinski definition) is 3. The topological polar surface area (TPSA) is 44.5 Å². The van der Waals surface area contributed by atoms with Gasteiger partial charge in [0.2, 0.25) is 0 Å². The number of halogens is 1. The monoisotopic (exact) mass is 265 g/mol. The van der Waals surface area contributed by atoms with Crippen LogP contribution in [0.3, 0.4) is 0 Å². The van der Waals surface area contributed by atoms with Crippen LogP contribution in [0.15, 0.2) is 18.2 Å². The Morgan fingerprint density at radius 2 is 2.11 bits per heavy atom. The highest BCUT2D eigenvalue weighted by Crippen LogP contribution is 2.58. The fourth-order valence-corrected chi connectivity index (χ4v) is 3.53. The minimum Gasteiger partial charge on any atom is -0.494 e. The Morgan fingerprint density at radius 3 is 2.47 bits per heavy atom. The summed E-state index contributed by atoms with van der Waals surface area (Å²) in [6.07, 6.45) is 3.43. The summed E-state index contributed by atoms with van der Waals surface area (Å²) in [6.45, 7) is 1.94. The first-order valence-corrected chi connectivity index (χ1v) is 6.79. The van der Waals surface area contributed by atoms with Crippen molar-refractivity contribution in [3.63, 3.8) is 0 Å². The van der Waals surface area contributed by atoms with Crippen molar-refractivity contribution in [3.8, 4) is 5.75 Å².